The summed E-state index contributed by atoms with van der Waals surface area (Å²) in [6.45, 7) is -0.108. The van der Waals surface area contributed by atoms with Gasteiger partial charge in [-0.2, -0.15) is 8.78 Å². The average Bonchev–Trinajstić information content (AvgIpc) is 3.35. The molecule has 30 heavy (non-hydrogen) atoms. The first kappa shape index (κ1) is 20.0. The zero-order valence-electron chi connectivity index (χ0n) is 16.5. The molecule has 0 unspecified atom stereocenters. The number of aromatic nitrogens is 2. The fraction of sp³-hybridized carbons (Fsp3) is 0.318. The van der Waals surface area contributed by atoms with Gasteiger partial charge in [-0.15, -0.1) is 0 Å². The number of alkyl halides is 2. The predicted octanol–water partition coefficient (Wildman–Crippen LogP) is 4.09. The largest absolute Gasteiger partial charge is 0.351 e. The molecule has 156 valence electrons. The van der Waals surface area contributed by atoms with Crippen LogP contribution < -0.4 is 10.2 Å². The van der Waals surface area contributed by atoms with E-state index in [1.807, 2.05) is 0 Å². The summed E-state index contributed by atoms with van der Waals surface area (Å²) in [6.07, 6.45) is 1.38. The topological polar surface area (TPSA) is 67.2 Å². The van der Waals surface area contributed by atoms with E-state index in [1.54, 1.807) is 60.4 Å². The van der Waals surface area contributed by atoms with Gasteiger partial charge in [0.15, 0.2) is 0 Å². The Morgan fingerprint density at radius 3 is 2.57 bits per heavy atom. The summed E-state index contributed by atoms with van der Waals surface area (Å²) in [4.78, 5) is 30.4. The summed E-state index contributed by atoms with van der Waals surface area (Å²) < 4.78 is 28.1. The summed E-state index contributed by atoms with van der Waals surface area (Å²) >= 11 is 0. The molecule has 1 N–H and O–H groups in total. The molecule has 0 bridgehead atoms. The number of hydrogen-bond donors (Lipinski definition) is 1. The third-order valence-electron chi connectivity index (χ3n) is 5.34. The summed E-state index contributed by atoms with van der Waals surface area (Å²) in [5, 5.41) is 2.79. The third kappa shape index (κ3) is 3.77. The highest BCUT2D eigenvalue weighted by molar-refractivity contribution is 5.97. The summed E-state index contributed by atoms with van der Waals surface area (Å²) in [5.74, 6) is -0.393. The van der Waals surface area contributed by atoms with Crippen LogP contribution in [0.4, 0.5) is 14.5 Å². The molecule has 3 aromatic rings. The van der Waals surface area contributed by atoms with Crippen molar-refractivity contribution < 1.29 is 18.4 Å². The normalized spacial score (nSPS) is 15.2. The molecule has 2 amide bonds. The minimum Gasteiger partial charge on any atom is -0.351 e. The Bertz CT molecular complexity index is 1080. The van der Waals surface area contributed by atoms with Crippen LogP contribution in [0.2, 0.25) is 0 Å². The minimum atomic E-state index is -2.72. The molecule has 2 aromatic carbocycles. The van der Waals surface area contributed by atoms with Crippen molar-refractivity contribution in [2.24, 2.45) is 0 Å². The number of benzene rings is 2. The lowest BCUT2D eigenvalue weighted by Crippen LogP contribution is -2.29. The highest BCUT2D eigenvalue weighted by atomic mass is 19.3. The van der Waals surface area contributed by atoms with Crippen LogP contribution in [-0.4, -0.2) is 34.5 Å². The molecule has 0 spiro atoms. The maximum absolute atomic E-state index is 13.6. The second-order valence-electron chi connectivity index (χ2n) is 7.41. The van der Waals surface area contributed by atoms with E-state index in [2.05, 4.69) is 10.3 Å². The molecule has 0 saturated carbocycles. The minimum absolute atomic E-state index is 0.0861. The summed E-state index contributed by atoms with van der Waals surface area (Å²) in [6, 6.07) is 13.6. The summed E-state index contributed by atoms with van der Waals surface area (Å²) in [5.41, 5.74) is 2.08. The van der Waals surface area contributed by atoms with Crippen molar-refractivity contribution in [2.45, 2.75) is 32.2 Å². The number of fused-ring (bicyclic) bond motifs is 1. The van der Waals surface area contributed by atoms with Gasteiger partial charge in [0.1, 0.15) is 5.82 Å². The lowest BCUT2D eigenvalue weighted by molar-refractivity contribution is -0.117. The van der Waals surface area contributed by atoms with Gasteiger partial charge in [-0.1, -0.05) is 19.1 Å². The molecule has 1 atom stereocenters. The lowest BCUT2D eigenvalue weighted by Gasteiger charge is -2.17. The highest BCUT2D eigenvalue weighted by Crippen LogP contribution is 2.27. The van der Waals surface area contributed by atoms with Crippen LogP contribution in [0.25, 0.3) is 11.0 Å². The van der Waals surface area contributed by atoms with E-state index in [1.165, 1.54) is 0 Å². The van der Waals surface area contributed by atoms with Crippen LogP contribution in [-0.2, 0) is 4.79 Å². The first-order chi connectivity index (χ1) is 14.5. The average molecular weight is 412 g/mol. The standard InChI is InChI=1S/C22H22F2N4O2/c1-14(20-26-17-5-2-3-6-18(17)28(20)22(23)24)13-25-21(30)15-8-10-16(11-9-15)27-12-4-7-19(27)29/h2-3,5-6,8-11,14,22H,4,7,12-13H2,1H3,(H,25,30)/t14-/m0/s1. The van der Waals surface area contributed by atoms with Gasteiger partial charge in [-0.25, -0.2) is 4.98 Å². The van der Waals surface area contributed by atoms with Crippen molar-refractivity contribution in [1.82, 2.24) is 14.9 Å². The molecule has 1 aliphatic rings. The van der Waals surface area contributed by atoms with Crippen molar-refractivity contribution in [2.75, 3.05) is 18.0 Å². The molecule has 1 fully saturated rings. The Balaban J connectivity index is 1.44. The van der Waals surface area contributed by atoms with Gasteiger partial charge in [0.2, 0.25) is 5.91 Å². The predicted molar refractivity (Wildman–Crippen MR) is 110 cm³/mol. The first-order valence-corrected chi connectivity index (χ1v) is 9.89. The van der Waals surface area contributed by atoms with Gasteiger partial charge in [0.25, 0.3) is 5.91 Å². The second kappa shape index (κ2) is 8.22. The van der Waals surface area contributed by atoms with Crippen LogP contribution in [0.5, 0.6) is 0 Å². The van der Waals surface area contributed by atoms with Crippen LogP contribution >= 0.6 is 0 Å². The number of carbonyl (C=O) groups excluding carboxylic acids is 2. The van der Waals surface area contributed by atoms with E-state index in [-0.39, 0.29) is 24.2 Å². The quantitative estimate of drug-likeness (QED) is 0.663. The van der Waals surface area contributed by atoms with E-state index in [0.717, 1.165) is 16.7 Å². The molecule has 0 radical (unpaired) electrons. The SMILES string of the molecule is C[C@@H](CNC(=O)c1ccc(N2CCCC2=O)cc1)c1nc2ccccc2n1C(F)F. The zero-order chi connectivity index (χ0) is 21.3. The van der Waals surface area contributed by atoms with E-state index in [4.69, 9.17) is 0 Å². The van der Waals surface area contributed by atoms with Crippen LogP contribution in [0.3, 0.4) is 0 Å². The number of anilines is 1. The van der Waals surface area contributed by atoms with E-state index in [0.29, 0.717) is 29.6 Å². The smallest absolute Gasteiger partial charge is 0.320 e. The fourth-order valence-electron chi connectivity index (χ4n) is 3.77. The molecule has 4 rings (SSSR count). The molecule has 1 aliphatic heterocycles. The number of amides is 2. The Hall–Kier alpha value is -3.29. The second-order valence-corrected chi connectivity index (χ2v) is 7.41. The molecule has 6 nitrogen and oxygen atoms in total. The lowest BCUT2D eigenvalue weighted by atomic mass is 10.1. The van der Waals surface area contributed by atoms with Crippen molar-refractivity contribution in [3.63, 3.8) is 0 Å². The monoisotopic (exact) mass is 412 g/mol. The van der Waals surface area contributed by atoms with Crippen molar-refractivity contribution in [3.8, 4) is 0 Å². The van der Waals surface area contributed by atoms with Crippen LogP contribution in [0.15, 0.2) is 48.5 Å². The molecule has 8 heteroatoms. The van der Waals surface area contributed by atoms with E-state index >= 15 is 0 Å². The maximum atomic E-state index is 13.6. The molecular weight excluding hydrogens is 390 g/mol. The highest BCUT2D eigenvalue weighted by Gasteiger charge is 2.23. The zero-order valence-corrected chi connectivity index (χ0v) is 16.5. The molecular formula is C22H22F2N4O2. The maximum Gasteiger partial charge on any atom is 0.320 e. The fourth-order valence-corrected chi connectivity index (χ4v) is 3.77. The van der Waals surface area contributed by atoms with Crippen molar-refractivity contribution >= 4 is 28.5 Å². The number of halogens is 2. The number of para-hydroxylation sites is 2. The Kier molecular flexibility index (Phi) is 5.48. The first-order valence-electron chi connectivity index (χ1n) is 9.89. The number of carbonyl (C=O) groups is 2. The molecule has 1 saturated heterocycles. The Morgan fingerprint density at radius 1 is 1.17 bits per heavy atom. The third-order valence-corrected chi connectivity index (χ3v) is 5.34. The number of nitrogens with zero attached hydrogens (tertiary/aromatic N) is 3. The molecule has 1 aromatic heterocycles. The van der Waals surface area contributed by atoms with Gasteiger partial charge in [0, 0.05) is 36.7 Å². The van der Waals surface area contributed by atoms with Gasteiger partial charge < -0.3 is 10.2 Å². The van der Waals surface area contributed by atoms with Crippen molar-refractivity contribution in [1.29, 1.82) is 0 Å². The van der Waals surface area contributed by atoms with Gasteiger partial charge in [0.05, 0.1) is 11.0 Å². The molecule has 0 aliphatic carbocycles. The van der Waals surface area contributed by atoms with Gasteiger partial charge in [-0.3, -0.25) is 14.2 Å². The molecule has 2 heterocycles. The van der Waals surface area contributed by atoms with Crippen LogP contribution in [0.1, 0.15) is 48.4 Å². The Morgan fingerprint density at radius 2 is 1.90 bits per heavy atom. The Labute approximate surface area is 172 Å². The number of imidazole rings is 1. The van der Waals surface area contributed by atoms with Crippen LogP contribution in [0, 0.1) is 0 Å². The number of rotatable bonds is 6. The number of hydrogen-bond acceptors (Lipinski definition) is 3. The summed E-state index contributed by atoms with van der Waals surface area (Å²) in [7, 11) is 0. The van der Waals surface area contributed by atoms with E-state index < -0.39 is 12.5 Å². The van der Waals surface area contributed by atoms with Crippen molar-refractivity contribution in [3.05, 3.63) is 59.9 Å². The van der Waals surface area contributed by atoms with Gasteiger partial charge in [-0.05, 0) is 42.8 Å². The van der Waals surface area contributed by atoms with Gasteiger partial charge >= 0.3 is 6.55 Å². The van der Waals surface area contributed by atoms with E-state index in [9.17, 15) is 18.4 Å². The number of nitrogens with one attached hydrogen (secondary N) is 1.